The van der Waals surface area contributed by atoms with Crippen LogP contribution in [0.2, 0.25) is 0 Å². The summed E-state index contributed by atoms with van der Waals surface area (Å²) in [5.41, 5.74) is 1.26. The highest BCUT2D eigenvalue weighted by molar-refractivity contribution is 14.0. The van der Waals surface area contributed by atoms with E-state index in [0.29, 0.717) is 0 Å². The van der Waals surface area contributed by atoms with Crippen molar-refractivity contribution in [2.75, 3.05) is 19.8 Å². The van der Waals surface area contributed by atoms with E-state index in [9.17, 15) is 0 Å². The van der Waals surface area contributed by atoms with Crippen LogP contribution >= 0.6 is 35.7 Å². The number of rotatable bonds is 5. The highest BCUT2D eigenvalue weighted by Crippen LogP contribution is 2.19. The fourth-order valence-electron chi connectivity index (χ4n) is 1.59. The van der Waals surface area contributed by atoms with Crippen molar-refractivity contribution >= 4 is 41.7 Å². The van der Waals surface area contributed by atoms with E-state index in [1.54, 1.807) is 7.05 Å². The molecule has 1 rings (SSSR count). The molecule has 0 aliphatic carbocycles. The van der Waals surface area contributed by atoms with E-state index in [1.165, 1.54) is 5.56 Å². The molecule has 20 heavy (non-hydrogen) atoms. The van der Waals surface area contributed by atoms with E-state index >= 15 is 0 Å². The van der Waals surface area contributed by atoms with Crippen molar-refractivity contribution < 1.29 is 0 Å². The maximum absolute atomic E-state index is 4.28. The minimum absolute atomic E-state index is 0. The van der Waals surface area contributed by atoms with Gasteiger partial charge < -0.3 is 10.6 Å². The van der Waals surface area contributed by atoms with Gasteiger partial charge in [-0.2, -0.15) is 11.8 Å². The Morgan fingerprint density at radius 1 is 1.30 bits per heavy atom. The molecule has 0 amide bonds. The largest absolute Gasteiger partial charge is 0.355 e. The smallest absolute Gasteiger partial charge is 0.191 e. The van der Waals surface area contributed by atoms with Gasteiger partial charge in [-0.1, -0.05) is 30.3 Å². The maximum atomic E-state index is 4.28. The molecule has 0 bridgehead atoms. The Morgan fingerprint density at radius 3 is 2.40 bits per heavy atom. The predicted molar refractivity (Wildman–Crippen MR) is 102 cm³/mol. The van der Waals surface area contributed by atoms with Gasteiger partial charge in [0.05, 0.1) is 6.04 Å². The Balaban J connectivity index is 0.00000361. The summed E-state index contributed by atoms with van der Waals surface area (Å²) >= 11 is 1.85. The van der Waals surface area contributed by atoms with Crippen LogP contribution in [0.1, 0.15) is 32.4 Å². The molecule has 1 unspecified atom stereocenters. The molecule has 0 radical (unpaired) electrons. The van der Waals surface area contributed by atoms with Crippen molar-refractivity contribution in [3.8, 4) is 0 Å². The number of benzene rings is 1. The molecule has 0 heterocycles. The zero-order chi connectivity index (χ0) is 14.3. The second kappa shape index (κ2) is 9.50. The summed E-state index contributed by atoms with van der Waals surface area (Å²) in [5, 5.41) is 6.79. The van der Waals surface area contributed by atoms with Gasteiger partial charge >= 0.3 is 0 Å². The lowest BCUT2D eigenvalue weighted by atomic mass is 10.1. The van der Waals surface area contributed by atoms with Crippen LogP contribution in [0.15, 0.2) is 35.3 Å². The van der Waals surface area contributed by atoms with Crippen molar-refractivity contribution in [1.82, 2.24) is 10.6 Å². The van der Waals surface area contributed by atoms with E-state index in [1.807, 2.05) is 17.8 Å². The molecule has 1 atom stereocenters. The zero-order valence-corrected chi connectivity index (χ0v) is 16.1. The summed E-state index contributed by atoms with van der Waals surface area (Å²) in [4.78, 5) is 4.28. The molecule has 0 saturated carbocycles. The van der Waals surface area contributed by atoms with Crippen LogP contribution in [0.3, 0.4) is 0 Å². The molecule has 0 aliphatic rings. The van der Waals surface area contributed by atoms with E-state index < -0.39 is 0 Å². The summed E-state index contributed by atoms with van der Waals surface area (Å²) in [5.74, 6) is 0.846. The number of hydrogen-bond acceptors (Lipinski definition) is 2. The van der Waals surface area contributed by atoms with Gasteiger partial charge in [-0.25, -0.2) is 0 Å². The molecule has 114 valence electrons. The highest BCUT2D eigenvalue weighted by Gasteiger charge is 2.16. The molecule has 0 saturated heterocycles. The molecular weight excluding hydrogens is 381 g/mol. The van der Waals surface area contributed by atoms with Crippen LogP contribution in [-0.2, 0) is 0 Å². The zero-order valence-electron chi connectivity index (χ0n) is 12.9. The molecule has 0 aliphatic heterocycles. The van der Waals surface area contributed by atoms with Crippen molar-refractivity contribution in [2.45, 2.75) is 31.6 Å². The van der Waals surface area contributed by atoms with Gasteiger partial charge in [0.25, 0.3) is 0 Å². The van der Waals surface area contributed by atoms with Gasteiger partial charge in [0.15, 0.2) is 5.96 Å². The Kier molecular flexibility index (Phi) is 9.29. The van der Waals surface area contributed by atoms with Crippen molar-refractivity contribution in [2.24, 2.45) is 4.99 Å². The van der Waals surface area contributed by atoms with Crippen molar-refractivity contribution in [3.63, 3.8) is 0 Å². The average molecular weight is 407 g/mol. The lowest BCUT2D eigenvalue weighted by Crippen LogP contribution is -2.44. The van der Waals surface area contributed by atoms with E-state index in [2.05, 4.69) is 66.9 Å². The van der Waals surface area contributed by atoms with Crippen LogP contribution in [0, 0.1) is 0 Å². The second-order valence-electron chi connectivity index (χ2n) is 5.17. The van der Waals surface area contributed by atoms with Crippen LogP contribution in [0.4, 0.5) is 0 Å². The lowest BCUT2D eigenvalue weighted by Gasteiger charge is -2.25. The van der Waals surface area contributed by atoms with Gasteiger partial charge in [0.1, 0.15) is 0 Å². The average Bonchev–Trinajstić information content (AvgIpc) is 2.44. The first kappa shape index (κ1) is 19.6. The first-order valence-electron chi connectivity index (χ1n) is 6.56. The third kappa shape index (κ3) is 6.83. The first-order valence-corrected chi connectivity index (χ1v) is 7.78. The molecule has 3 nitrogen and oxygen atoms in total. The molecule has 1 aromatic rings. The Bertz CT molecular complexity index is 407. The number of nitrogens with zero attached hydrogens (tertiary/aromatic N) is 1. The standard InChI is InChI=1S/C15H25N3S.HI/c1-12(13-9-7-6-8-10-13)18-14(16-4)17-11-15(2,3)19-5;/h6-10,12H,11H2,1-5H3,(H2,16,17,18);1H. The van der Waals surface area contributed by atoms with Crippen molar-refractivity contribution in [1.29, 1.82) is 0 Å². The fourth-order valence-corrected chi connectivity index (χ4v) is 1.81. The minimum Gasteiger partial charge on any atom is -0.355 e. The first-order chi connectivity index (χ1) is 8.98. The number of aliphatic imine (C=N–C) groups is 1. The molecular formula is C15H26IN3S. The SMILES string of the molecule is CN=C(NCC(C)(C)SC)NC(C)c1ccccc1.I. The van der Waals surface area contributed by atoms with Gasteiger partial charge in [-0.3, -0.25) is 4.99 Å². The molecule has 5 heteroatoms. The quantitative estimate of drug-likeness (QED) is 0.444. The normalized spacial score (nSPS) is 13.3. The summed E-state index contributed by atoms with van der Waals surface area (Å²) in [6.07, 6.45) is 2.13. The van der Waals surface area contributed by atoms with Gasteiger partial charge in [0.2, 0.25) is 0 Å². The molecule has 0 aromatic heterocycles. The summed E-state index contributed by atoms with van der Waals surface area (Å²) in [6.45, 7) is 7.47. The summed E-state index contributed by atoms with van der Waals surface area (Å²) in [6, 6.07) is 10.6. The Morgan fingerprint density at radius 2 is 1.90 bits per heavy atom. The van der Waals surface area contributed by atoms with Crippen LogP contribution in [-0.4, -0.2) is 30.6 Å². The molecule has 1 aromatic carbocycles. The minimum atomic E-state index is 0. The summed E-state index contributed by atoms with van der Waals surface area (Å²) in [7, 11) is 1.80. The van der Waals surface area contributed by atoms with Gasteiger partial charge in [-0.05, 0) is 32.6 Å². The number of thioether (sulfide) groups is 1. The van der Waals surface area contributed by atoms with Crippen LogP contribution < -0.4 is 10.6 Å². The third-order valence-electron chi connectivity index (χ3n) is 3.11. The van der Waals surface area contributed by atoms with Crippen molar-refractivity contribution in [3.05, 3.63) is 35.9 Å². The Hall–Kier alpha value is -0.430. The molecule has 2 N–H and O–H groups in total. The third-order valence-corrected chi connectivity index (χ3v) is 4.36. The van der Waals surface area contributed by atoms with Gasteiger partial charge in [-0.15, -0.1) is 24.0 Å². The molecule has 0 fully saturated rings. The topological polar surface area (TPSA) is 36.4 Å². The van der Waals surface area contributed by atoms with Gasteiger partial charge in [0, 0.05) is 18.3 Å². The van der Waals surface area contributed by atoms with E-state index in [-0.39, 0.29) is 34.8 Å². The number of nitrogens with one attached hydrogen (secondary N) is 2. The van der Waals surface area contributed by atoms with Crippen LogP contribution in [0.5, 0.6) is 0 Å². The lowest BCUT2D eigenvalue weighted by molar-refractivity contribution is 0.639. The predicted octanol–water partition coefficient (Wildman–Crippen LogP) is 3.67. The molecule has 0 spiro atoms. The monoisotopic (exact) mass is 407 g/mol. The highest BCUT2D eigenvalue weighted by atomic mass is 127. The summed E-state index contributed by atoms with van der Waals surface area (Å²) < 4.78 is 0.202. The number of guanidine groups is 1. The number of halogens is 1. The number of hydrogen-bond donors (Lipinski definition) is 2. The van der Waals surface area contributed by atoms with E-state index in [4.69, 9.17) is 0 Å². The van der Waals surface area contributed by atoms with E-state index in [0.717, 1.165) is 12.5 Å². The fraction of sp³-hybridized carbons (Fsp3) is 0.533. The Labute approximate surface area is 144 Å². The van der Waals surface area contributed by atoms with Crippen LogP contribution in [0.25, 0.3) is 0 Å². The second-order valence-corrected chi connectivity index (χ2v) is 6.68. The maximum Gasteiger partial charge on any atom is 0.191 e.